The third-order valence-corrected chi connectivity index (χ3v) is 2.92. The lowest BCUT2D eigenvalue weighted by molar-refractivity contribution is 0.564. The molecule has 0 aliphatic rings. The van der Waals surface area contributed by atoms with Crippen LogP contribution in [-0.2, 0) is 0 Å². The number of rotatable bonds is 2. The lowest BCUT2D eigenvalue weighted by Gasteiger charge is -2.12. The van der Waals surface area contributed by atoms with Gasteiger partial charge >= 0.3 is 0 Å². The summed E-state index contributed by atoms with van der Waals surface area (Å²) in [6.45, 7) is 2.11. The summed E-state index contributed by atoms with van der Waals surface area (Å²) in [4.78, 5) is 0. The summed E-state index contributed by atoms with van der Waals surface area (Å²) in [5.41, 5.74) is 7.72. The zero-order valence-electron chi connectivity index (χ0n) is 8.39. The topological polar surface area (TPSA) is 43.8 Å². The van der Waals surface area contributed by atoms with Crippen LogP contribution in [0.15, 0.2) is 36.7 Å². The van der Waals surface area contributed by atoms with E-state index in [1.54, 1.807) is 0 Å². The highest BCUT2D eigenvalue weighted by Crippen LogP contribution is 2.19. The molecule has 15 heavy (non-hydrogen) atoms. The van der Waals surface area contributed by atoms with E-state index in [0.717, 1.165) is 9.26 Å². The minimum Gasteiger partial charge on any atom is -0.399 e. The SMILES string of the molecule is CC(c1cccc(N)c1)n1cc(I)cn1. The summed E-state index contributed by atoms with van der Waals surface area (Å²) in [6.07, 6.45) is 3.87. The molecule has 2 aromatic rings. The smallest absolute Gasteiger partial charge is 0.0741 e. The largest absolute Gasteiger partial charge is 0.399 e. The summed E-state index contributed by atoms with van der Waals surface area (Å²) < 4.78 is 3.08. The predicted octanol–water partition coefficient (Wildman–Crippen LogP) is 2.68. The van der Waals surface area contributed by atoms with Gasteiger partial charge in [0, 0.05) is 11.9 Å². The van der Waals surface area contributed by atoms with Gasteiger partial charge in [0.15, 0.2) is 0 Å². The summed E-state index contributed by atoms with van der Waals surface area (Å²) in [6, 6.07) is 8.13. The van der Waals surface area contributed by atoms with Gasteiger partial charge in [-0.2, -0.15) is 5.10 Å². The Morgan fingerprint density at radius 3 is 2.87 bits per heavy atom. The number of hydrogen-bond donors (Lipinski definition) is 1. The second-order valence-electron chi connectivity index (χ2n) is 3.48. The molecule has 1 aromatic carbocycles. The third kappa shape index (κ3) is 2.31. The average Bonchev–Trinajstić information content (AvgIpc) is 2.64. The van der Waals surface area contributed by atoms with Gasteiger partial charge in [0.2, 0.25) is 0 Å². The quantitative estimate of drug-likeness (QED) is 0.684. The second-order valence-corrected chi connectivity index (χ2v) is 4.73. The number of hydrogen-bond acceptors (Lipinski definition) is 2. The minimum absolute atomic E-state index is 0.219. The van der Waals surface area contributed by atoms with Crippen molar-refractivity contribution in [2.75, 3.05) is 5.73 Å². The van der Waals surface area contributed by atoms with E-state index in [4.69, 9.17) is 5.73 Å². The van der Waals surface area contributed by atoms with Gasteiger partial charge in [0.05, 0.1) is 15.8 Å². The molecule has 0 saturated carbocycles. The van der Waals surface area contributed by atoms with Gasteiger partial charge < -0.3 is 5.73 Å². The van der Waals surface area contributed by atoms with Crippen molar-refractivity contribution in [2.45, 2.75) is 13.0 Å². The van der Waals surface area contributed by atoms with Gasteiger partial charge in [-0.05, 0) is 47.2 Å². The zero-order chi connectivity index (χ0) is 10.8. The molecule has 1 heterocycles. The van der Waals surface area contributed by atoms with Crippen molar-refractivity contribution in [1.29, 1.82) is 0 Å². The van der Waals surface area contributed by atoms with E-state index in [0.29, 0.717) is 0 Å². The Balaban J connectivity index is 2.32. The Morgan fingerprint density at radius 2 is 2.27 bits per heavy atom. The van der Waals surface area contributed by atoms with Crippen LogP contribution in [0.2, 0.25) is 0 Å². The first-order valence-corrected chi connectivity index (χ1v) is 5.80. The van der Waals surface area contributed by atoms with Crippen molar-refractivity contribution in [1.82, 2.24) is 9.78 Å². The Labute approximate surface area is 102 Å². The molecule has 0 radical (unpaired) electrons. The number of aromatic nitrogens is 2. The highest BCUT2D eigenvalue weighted by atomic mass is 127. The molecule has 0 spiro atoms. The lowest BCUT2D eigenvalue weighted by Crippen LogP contribution is -2.07. The number of benzene rings is 1. The molecular formula is C11H12IN3. The van der Waals surface area contributed by atoms with Gasteiger partial charge in [0.25, 0.3) is 0 Å². The number of nitrogen functional groups attached to an aromatic ring is 1. The van der Waals surface area contributed by atoms with Crippen molar-refractivity contribution in [3.05, 3.63) is 45.8 Å². The van der Waals surface area contributed by atoms with Gasteiger partial charge in [-0.1, -0.05) is 12.1 Å². The molecule has 1 aromatic heterocycles. The summed E-state index contributed by atoms with van der Waals surface area (Å²) >= 11 is 2.25. The van der Waals surface area contributed by atoms with Crippen LogP contribution in [0.25, 0.3) is 0 Å². The first-order valence-electron chi connectivity index (χ1n) is 4.72. The summed E-state index contributed by atoms with van der Waals surface area (Å²) in [5.74, 6) is 0. The van der Waals surface area contributed by atoms with Gasteiger partial charge in [-0.25, -0.2) is 0 Å². The van der Waals surface area contributed by atoms with E-state index in [2.05, 4.69) is 40.7 Å². The van der Waals surface area contributed by atoms with Crippen molar-refractivity contribution in [3.63, 3.8) is 0 Å². The molecule has 2 rings (SSSR count). The van der Waals surface area contributed by atoms with E-state index < -0.39 is 0 Å². The maximum atomic E-state index is 5.75. The van der Waals surface area contributed by atoms with Crippen molar-refractivity contribution < 1.29 is 0 Å². The van der Waals surface area contributed by atoms with Crippen LogP contribution in [0.1, 0.15) is 18.5 Å². The van der Waals surface area contributed by atoms with Gasteiger partial charge in [-0.3, -0.25) is 4.68 Å². The average molecular weight is 313 g/mol. The highest BCUT2D eigenvalue weighted by Gasteiger charge is 2.08. The summed E-state index contributed by atoms with van der Waals surface area (Å²) in [7, 11) is 0. The maximum absolute atomic E-state index is 5.75. The molecule has 0 bridgehead atoms. The molecule has 0 saturated heterocycles. The monoisotopic (exact) mass is 313 g/mol. The number of nitrogens with two attached hydrogens (primary N) is 1. The van der Waals surface area contributed by atoms with Crippen molar-refractivity contribution >= 4 is 28.3 Å². The normalized spacial score (nSPS) is 12.7. The molecule has 4 heteroatoms. The minimum atomic E-state index is 0.219. The van der Waals surface area contributed by atoms with E-state index >= 15 is 0 Å². The van der Waals surface area contributed by atoms with Crippen LogP contribution in [0.4, 0.5) is 5.69 Å². The molecule has 0 aliphatic heterocycles. The molecule has 78 valence electrons. The predicted molar refractivity (Wildman–Crippen MR) is 69.6 cm³/mol. The Kier molecular flexibility index (Phi) is 2.95. The lowest BCUT2D eigenvalue weighted by atomic mass is 10.1. The maximum Gasteiger partial charge on any atom is 0.0741 e. The Bertz CT molecular complexity index is 464. The molecular weight excluding hydrogens is 301 g/mol. The molecule has 0 fully saturated rings. The van der Waals surface area contributed by atoms with E-state index in [1.807, 2.05) is 35.3 Å². The van der Waals surface area contributed by atoms with Crippen LogP contribution in [0.5, 0.6) is 0 Å². The molecule has 1 unspecified atom stereocenters. The Morgan fingerprint density at radius 1 is 1.47 bits per heavy atom. The van der Waals surface area contributed by atoms with Gasteiger partial charge in [-0.15, -0.1) is 0 Å². The fourth-order valence-corrected chi connectivity index (χ4v) is 1.91. The first kappa shape index (κ1) is 10.5. The molecule has 3 nitrogen and oxygen atoms in total. The van der Waals surface area contributed by atoms with Crippen molar-refractivity contribution in [2.24, 2.45) is 0 Å². The molecule has 0 aliphatic carbocycles. The van der Waals surface area contributed by atoms with Crippen LogP contribution < -0.4 is 5.73 Å². The molecule has 0 amide bonds. The Hall–Kier alpha value is -1.04. The van der Waals surface area contributed by atoms with Crippen LogP contribution in [-0.4, -0.2) is 9.78 Å². The second kappa shape index (κ2) is 4.22. The molecule has 1 atom stereocenters. The highest BCUT2D eigenvalue weighted by molar-refractivity contribution is 14.1. The van der Waals surface area contributed by atoms with E-state index in [9.17, 15) is 0 Å². The number of nitrogens with zero attached hydrogens (tertiary/aromatic N) is 2. The van der Waals surface area contributed by atoms with Crippen LogP contribution >= 0.6 is 22.6 Å². The van der Waals surface area contributed by atoms with Crippen LogP contribution in [0.3, 0.4) is 0 Å². The first-order chi connectivity index (χ1) is 7.16. The number of anilines is 1. The van der Waals surface area contributed by atoms with E-state index in [-0.39, 0.29) is 6.04 Å². The fraction of sp³-hybridized carbons (Fsp3) is 0.182. The zero-order valence-corrected chi connectivity index (χ0v) is 10.5. The van der Waals surface area contributed by atoms with Crippen molar-refractivity contribution in [3.8, 4) is 0 Å². The number of halogens is 1. The third-order valence-electron chi connectivity index (χ3n) is 2.36. The standard InChI is InChI=1S/C11H12IN3/c1-8(15-7-10(12)6-14-15)9-3-2-4-11(13)5-9/h2-8H,13H2,1H3. The summed E-state index contributed by atoms with van der Waals surface area (Å²) in [5, 5.41) is 4.29. The van der Waals surface area contributed by atoms with E-state index in [1.165, 1.54) is 5.56 Å². The van der Waals surface area contributed by atoms with Gasteiger partial charge in [0.1, 0.15) is 0 Å². The molecule has 2 N–H and O–H groups in total. The fourth-order valence-electron chi connectivity index (χ4n) is 1.50. The van der Waals surface area contributed by atoms with Crippen LogP contribution in [0, 0.1) is 3.57 Å².